The van der Waals surface area contributed by atoms with Crippen molar-refractivity contribution in [1.82, 2.24) is 19.9 Å². The van der Waals surface area contributed by atoms with Crippen LogP contribution in [0.4, 0.5) is 5.13 Å². The van der Waals surface area contributed by atoms with E-state index in [1.165, 1.54) is 15.9 Å². The molecule has 160 valence electrons. The van der Waals surface area contributed by atoms with E-state index in [1.807, 2.05) is 30.3 Å². The Bertz CT molecular complexity index is 1260. The highest BCUT2D eigenvalue weighted by molar-refractivity contribution is 7.29. The van der Waals surface area contributed by atoms with Crippen LogP contribution in [-0.4, -0.2) is 45.8 Å². The summed E-state index contributed by atoms with van der Waals surface area (Å²) < 4.78 is 1.40. The lowest BCUT2D eigenvalue weighted by atomic mass is 10.0. The topological polar surface area (TPSA) is 83.3 Å². The second kappa shape index (κ2) is 8.07. The van der Waals surface area contributed by atoms with Gasteiger partial charge in [0.15, 0.2) is 20.5 Å². The summed E-state index contributed by atoms with van der Waals surface area (Å²) in [6.07, 6.45) is 3.97. The Morgan fingerprint density at radius 1 is 1.13 bits per heavy atom. The molecular formula is C22H23N5O2S2. The van der Waals surface area contributed by atoms with Crippen LogP contribution in [0, 0.1) is 0 Å². The maximum atomic E-state index is 12.4. The third kappa shape index (κ3) is 3.62. The summed E-state index contributed by atoms with van der Waals surface area (Å²) in [4.78, 5) is 26.1. The van der Waals surface area contributed by atoms with E-state index in [0.29, 0.717) is 11.6 Å². The monoisotopic (exact) mass is 453 g/mol. The zero-order valence-electron chi connectivity index (χ0n) is 17.3. The largest absolute Gasteiger partial charge is 0.503 e. The van der Waals surface area contributed by atoms with Crippen molar-refractivity contribution in [2.24, 2.45) is 7.05 Å². The number of aromatic nitrogens is 3. The number of nitrogens with zero attached hydrogens (tertiary/aromatic N) is 4. The van der Waals surface area contributed by atoms with Crippen LogP contribution in [0.1, 0.15) is 12.8 Å². The Hall–Kier alpha value is -2.75. The maximum absolute atomic E-state index is 12.4. The first-order valence-corrected chi connectivity index (χ1v) is 11.9. The van der Waals surface area contributed by atoms with Gasteiger partial charge in [0.1, 0.15) is 5.01 Å². The van der Waals surface area contributed by atoms with Gasteiger partial charge in [0.25, 0.3) is 5.56 Å². The van der Waals surface area contributed by atoms with Gasteiger partial charge in [-0.25, -0.2) is 9.97 Å². The number of piperidine rings is 1. The summed E-state index contributed by atoms with van der Waals surface area (Å²) in [5.41, 5.74) is 1.60. The molecule has 0 unspecified atom stereocenters. The zero-order chi connectivity index (χ0) is 21.5. The van der Waals surface area contributed by atoms with Crippen LogP contribution in [0.25, 0.3) is 31.4 Å². The fourth-order valence-corrected chi connectivity index (χ4v) is 6.11. The molecule has 1 aliphatic heterocycles. The third-order valence-electron chi connectivity index (χ3n) is 5.77. The Labute approximate surface area is 187 Å². The molecule has 4 aromatic rings. The average molecular weight is 454 g/mol. The van der Waals surface area contributed by atoms with Crippen molar-refractivity contribution >= 4 is 37.5 Å². The molecule has 0 aliphatic carbocycles. The summed E-state index contributed by atoms with van der Waals surface area (Å²) in [5, 5.41) is 15.8. The van der Waals surface area contributed by atoms with Gasteiger partial charge in [0, 0.05) is 37.5 Å². The number of aromatic hydroxyl groups is 1. The summed E-state index contributed by atoms with van der Waals surface area (Å²) in [6.45, 7) is 2.07. The Morgan fingerprint density at radius 2 is 1.84 bits per heavy atom. The minimum absolute atomic E-state index is 0.260. The number of nitrogens with one attached hydrogen (secondary N) is 1. The first-order valence-electron chi connectivity index (χ1n) is 10.2. The Kier molecular flexibility index (Phi) is 5.25. The number of fused-ring (bicyclic) bond motifs is 1. The fourth-order valence-electron chi connectivity index (χ4n) is 4.03. The molecule has 4 heterocycles. The fraction of sp³-hybridized carbons (Fsp3) is 0.318. The van der Waals surface area contributed by atoms with Gasteiger partial charge in [-0.1, -0.05) is 53.0 Å². The van der Waals surface area contributed by atoms with E-state index < -0.39 is 5.56 Å². The molecule has 1 aromatic carbocycles. The SMILES string of the molecule is CN(c1nc2sc(-c3cn(C)c(=O)c(O)c3-c3ccccc3)nc2s1)C1CCNCC1. The van der Waals surface area contributed by atoms with Crippen LogP contribution in [0.5, 0.6) is 5.75 Å². The molecule has 2 N–H and O–H groups in total. The molecule has 1 saturated heterocycles. The number of benzene rings is 1. The summed E-state index contributed by atoms with van der Waals surface area (Å²) in [6, 6.07) is 9.95. The molecule has 31 heavy (non-hydrogen) atoms. The van der Waals surface area contributed by atoms with Crippen molar-refractivity contribution in [1.29, 1.82) is 0 Å². The van der Waals surface area contributed by atoms with Crippen molar-refractivity contribution in [3.8, 4) is 27.4 Å². The van der Waals surface area contributed by atoms with Gasteiger partial charge in [0.05, 0.1) is 0 Å². The first kappa shape index (κ1) is 20.2. The molecular weight excluding hydrogens is 430 g/mol. The number of hydrogen-bond donors (Lipinski definition) is 2. The average Bonchev–Trinajstić information content (AvgIpc) is 3.37. The van der Waals surface area contributed by atoms with Crippen molar-refractivity contribution in [2.45, 2.75) is 18.9 Å². The highest BCUT2D eigenvalue weighted by Gasteiger charge is 2.24. The molecule has 3 aromatic heterocycles. The number of pyridine rings is 1. The quantitative estimate of drug-likeness (QED) is 0.491. The molecule has 0 spiro atoms. The lowest BCUT2D eigenvalue weighted by molar-refractivity contribution is 0.443. The van der Waals surface area contributed by atoms with Gasteiger partial charge in [-0.05, 0) is 31.5 Å². The molecule has 0 atom stereocenters. The van der Waals surface area contributed by atoms with Gasteiger partial charge in [-0.2, -0.15) is 0 Å². The maximum Gasteiger partial charge on any atom is 0.293 e. The van der Waals surface area contributed by atoms with Crippen LogP contribution < -0.4 is 15.8 Å². The van der Waals surface area contributed by atoms with Gasteiger partial charge in [0.2, 0.25) is 0 Å². The second-order valence-corrected chi connectivity index (χ2v) is 9.70. The first-order chi connectivity index (χ1) is 15.0. The minimum Gasteiger partial charge on any atom is -0.503 e. The molecule has 0 saturated carbocycles. The molecule has 7 nitrogen and oxygen atoms in total. The molecule has 0 bridgehead atoms. The lowest BCUT2D eigenvalue weighted by Crippen LogP contribution is -2.41. The number of hydrogen-bond acceptors (Lipinski definition) is 8. The van der Waals surface area contributed by atoms with Crippen LogP contribution in [0.3, 0.4) is 0 Å². The van der Waals surface area contributed by atoms with Crippen LogP contribution >= 0.6 is 22.7 Å². The van der Waals surface area contributed by atoms with Gasteiger partial charge < -0.3 is 19.9 Å². The molecule has 0 radical (unpaired) electrons. The van der Waals surface area contributed by atoms with Crippen LogP contribution in [-0.2, 0) is 7.05 Å². The van der Waals surface area contributed by atoms with E-state index >= 15 is 0 Å². The predicted molar refractivity (Wildman–Crippen MR) is 127 cm³/mol. The van der Waals surface area contributed by atoms with E-state index in [1.54, 1.807) is 24.6 Å². The minimum atomic E-state index is -0.426. The van der Waals surface area contributed by atoms with E-state index in [9.17, 15) is 9.90 Å². The predicted octanol–water partition coefficient (Wildman–Crippen LogP) is 3.68. The standard InChI is InChI=1S/C22H23N5O2S2/c1-26-12-15(16(17(28)21(26)29)13-6-4-3-5-7-13)18-24-19-20(30-18)25-22(31-19)27(2)14-8-10-23-11-9-14/h3-7,12,14,23,28H,8-11H2,1-2H3. The highest BCUT2D eigenvalue weighted by Crippen LogP contribution is 2.41. The highest BCUT2D eigenvalue weighted by atomic mass is 32.1. The molecule has 1 aliphatic rings. The number of aryl methyl sites for hydroxylation is 1. The Balaban J connectivity index is 1.57. The molecule has 9 heteroatoms. The van der Waals surface area contributed by atoms with E-state index in [-0.39, 0.29) is 5.75 Å². The van der Waals surface area contributed by atoms with Crippen molar-refractivity contribution in [2.75, 3.05) is 25.0 Å². The Morgan fingerprint density at radius 3 is 2.55 bits per heavy atom. The van der Waals surface area contributed by atoms with Crippen molar-refractivity contribution in [3.05, 3.63) is 46.9 Å². The summed E-state index contributed by atoms with van der Waals surface area (Å²) >= 11 is 3.08. The van der Waals surface area contributed by atoms with E-state index in [0.717, 1.165) is 56.9 Å². The van der Waals surface area contributed by atoms with E-state index in [2.05, 4.69) is 17.3 Å². The van der Waals surface area contributed by atoms with E-state index in [4.69, 9.17) is 9.97 Å². The smallest absolute Gasteiger partial charge is 0.293 e. The van der Waals surface area contributed by atoms with Gasteiger partial charge in [-0.3, -0.25) is 4.79 Å². The van der Waals surface area contributed by atoms with Gasteiger partial charge >= 0.3 is 0 Å². The van der Waals surface area contributed by atoms with Crippen molar-refractivity contribution < 1.29 is 5.11 Å². The van der Waals surface area contributed by atoms with Crippen molar-refractivity contribution in [3.63, 3.8) is 0 Å². The molecule has 0 amide bonds. The molecule has 1 fully saturated rings. The van der Waals surface area contributed by atoms with Gasteiger partial charge in [-0.15, -0.1) is 0 Å². The molecule has 5 rings (SSSR count). The lowest BCUT2D eigenvalue weighted by Gasteiger charge is -2.31. The zero-order valence-corrected chi connectivity index (χ0v) is 19.0. The number of thiazole rings is 2. The summed E-state index contributed by atoms with van der Waals surface area (Å²) in [5.74, 6) is -0.260. The number of rotatable bonds is 4. The second-order valence-electron chi connectivity index (χ2n) is 7.77. The van der Waals surface area contributed by atoms with Crippen LogP contribution in [0.2, 0.25) is 0 Å². The summed E-state index contributed by atoms with van der Waals surface area (Å²) in [7, 11) is 3.75. The number of anilines is 1. The van der Waals surface area contributed by atoms with Crippen LogP contribution in [0.15, 0.2) is 41.3 Å². The normalized spacial score (nSPS) is 14.9. The third-order valence-corrected chi connectivity index (χ3v) is 7.92.